The van der Waals surface area contributed by atoms with Crippen molar-refractivity contribution in [1.82, 2.24) is 19.5 Å². The number of benzene rings is 1. The van der Waals surface area contributed by atoms with Crippen molar-refractivity contribution in [3.8, 4) is 11.6 Å². The van der Waals surface area contributed by atoms with Gasteiger partial charge in [0, 0.05) is 12.3 Å². The SMILES string of the molecule is COc1ccc2c(c1)ncn2-c1ccnc(Cl)n1. The van der Waals surface area contributed by atoms with Gasteiger partial charge in [-0.25, -0.2) is 9.97 Å². The van der Waals surface area contributed by atoms with E-state index in [1.807, 2.05) is 22.8 Å². The Bertz CT molecular complexity index is 710. The van der Waals surface area contributed by atoms with Crippen molar-refractivity contribution >= 4 is 22.6 Å². The van der Waals surface area contributed by atoms with Gasteiger partial charge in [-0.2, -0.15) is 4.98 Å². The second kappa shape index (κ2) is 4.27. The number of ether oxygens (including phenoxy) is 1. The van der Waals surface area contributed by atoms with E-state index >= 15 is 0 Å². The standard InChI is InChI=1S/C12H9ClN4O/c1-18-8-2-3-10-9(6-8)15-7-17(10)11-4-5-14-12(13)16-11/h2-7H,1H3. The second-order valence-corrected chi connectivity index (χ2v) is 3.99. The number of hydrogen-bond acceptors (Lipinski definition) is 4. The summed E-state index contributed by atoms with van der Waals surface area (Å²) in [6.07, 6.45) is 3.31. The number of hydrogen-bond donors (Lipinski definition) is 0. The minimum atomic E-state index is 0.211. The van der Waals surface area contributed by atoms with Gasteiger partial charge in [-0.15, -0.1) is 0 Å². The molecule has 0 saturated heterocycles. The molecule has 2 aromatic heterocycles. The zero-order valence-electron chi connectivity index (χ0n) is 9.54. The minimum absolute atomic E-state index is 0.211. The van der Waals surface area contributed by atoms with Crippen LogP contribution in [0.4, 0.5) is 0 Å². The van der Waals surface area contributed by atoms with Crippen LogP contribution in [0.2, 0.25) is 5.28 Å². The Morgan fingerprint density at radius 3 is 2.89 bits per heavy atom. The van der Waals surface area contributed by atoms with Gasteiger partial charge in [0.25, 0.3) is 0 Å². The maximum Gasteiger partial charge on any atom is 0.224 e. The maximum absolute atomic E-state index is 5.78. The van der Waals surface area contributed by atoms with Crippen LogP contribution in [0.25, 0.3) is 16.9 Å². The number of methoxy groups -OCH3 is 1. The van der Waals surface area contributed by atoms with E-state index in [1.165, 1.54) is 0 Å². The van der Waals surface area contributed by atoms with Crippen LogP contribution in [0.5, 0.6) is 5.75 Å². The first kappa shape index (κ1) is 11.0. The van der Waals surface area contributed by atoms with Crippen molar-refractivity contribution in [1.29, 1.82) is 0 Å². The molecule has 1 aromatic carbocycles. The molecule has 18 heavy (non-hydrogen) atoms. The van der Waals surface area contributed by atoms with Crippen molar-refractivity contribution < 1.29 is 4.74 Å². The molecule has 0 spiro atoms. The van der Waals surface area contributed by atoms with Crippen LogP contribution in [0, 0.1) is 0 Å². The lowest BCUT2D eigenvalue weighted by atomic mass is 10.3. The Kier molecular flexibility index (Phi) is 2.60. The van der Waals surface area contributed by atoms with Crippen LogP contribution in [0.1, 0.15) is 0 Å². The number of fused-ring (bicyclic) bond motifs is 1. The van der Waals surface area contributed by atoms with Crippen molar-refractivity contribution in [3.05, 3.63) is 42.1 Å². The topological polar surface area (TPSA) is 52.8 Å². The van der Waals surface area contributed by atoms with E-state index in [0.29, 0.717) is 5.82 Å². The third-order valence-corrected chi connectivity index (χ3v) is 2.79. The van der Waals surface area contributed by atoms with Crippen molar-refractivity contribution in [2.45, 2.75) is 0 Å². The molecule has 6 heteroatoms. The Hall–Kier alpha value is -2.14. The summed E-state index contributed by atoms with van der Waals surface area (Å²) >= 11 is 5.78. The summed E-state index contributed by atoms with van der Waals surface area (Å²) in [6, 6.07) is 7.45. The van der Waals surface area contributed by atoms with E-state index in [-0.39, 0.29) is 5.28 Å². The fourth-order valence-corrected chi connectivity index (χ4v) is 1.91. The van der Waals surface area contributed by atoms with Crippen LogP contribution in [-0.4, -0.2) is 26.6 Å². The summed E-state index contributed by atoms with van der Waals surface area (Å²) in [7, 11) is 1.63. The van der Waals surface area contributed by atoms with Gasteiger partial charge < -0.3 is 4.74 Å². The highest BCUT2D eigenvalue weighted by molar-refractivity contribution is 6.28. The zero-order chi connectivity index (χ0) is 12.5. The molecule has 0 radical (unpaired) electrons. The highest BCUT2D eigenvalue weighted by atomic mass is 35.5. The monoisotopic (exact) mass is 260 g/mol. The predicted octanol–water partition coefficient (Wildman–Crippen LogP) is 2.48. The van der Waals surface area contributed by atoms with Gasteiger partial charge in [0.15, 0.2) is 0 Å². The molecule has 0 aliphatic rings. The first-order valence-corrected chi connectivity index (χ1v) is 5.66. The third kappa shape index (κ3) is 1.78. The van der Waals surface area contributed by atoms with E-state index in [2.05, 4.69) is 15.0 Å². The Balaban J connectivity index is 2.18. The van der Waals surface area contributed by atoms with E-state index < -0.39 is 0 Å². The average Bonchev–Trinajstić information content (AvgIpc) is 2.81. The van der Waals surface area contributed by atoms with Crippen molar-refractivity contribution in [2.24, 2.45) is 0 Å². The van der Waals surface area contributed by atoms with E-state index in [1.54, 1.807) is 25.7 Å². The minimum Gasteiger partial charge on any atom is -0.497 e. The average molecular weight is 261 g/mol. The van der Waals surface area contributed by atoms with Gasteiger partial charge in [-0.05, 0) is 29.8 Å². The van der Waals surface area contributed by atoms with Gasteiger partial charge in [-0.3, -0.25) is 4.57 Å². The van der Waals surface area contributed by atoms with Gasteiger partial charge in [-0.1, -0.05) is 0 Å². The summed E-state index contributed by atoms with van der Waals surface area (Å²) in [5.74, 6) is 1.45. The lowest BCUT2D eigenvalue weighted by Crippen LogP contribution is -1.96. The van der Waals surface area contributed by atoms with Crippen LogP contribution >= 0.6 is 11.6 Å². The van der Waals surface area contributed by atoms with E-state index in [4.69, 9.17) is 16.3 Å². The molecular weight excluding hydrogens is 252 g/mol. The second-order valence-electron chi connectivity index (χ2n) is 3.65. The summed E-state index contributed by atoms with van der Waals surface area (Å²) in [4.78, 5) is 12.3. The highest BCUT2D eigenvalue weighted by Gasteiger charge is 2.07. The summed E-state index contributed by atoms with van der Waals surface area (Å²) < 4.78 is 7.01. The lowest BCUT2D eigenvalue weighted by Gasteiger charge is -2.03. The molecule has 90 valence electrons. The molecule has 0 aliphatic heterocycles. The molecule has 5 nitrogen and oxygen atoms in total. The number of rotatable bonds is 2. The number of nitrogens with zero attached hydrogens (tertiary/aromatic N) is 4. The lowest BCUT2D eigenvalue weighted by molar-refractivity contribution is 0.415. The molecule has 2 heterocycles. The molecule has 0 fully saturated rings. The molecule has 0 amide bonds. The fraction of sp³-hybridized carbons (Fsp3) is 0.0833. The first-order chi connectivity index (χ1) is 8.78. The summed E-state index contributed by atoms with van der Waals surface area (Å²) in [6.45, 7) is 0. The normalized spacial score (nSPS) is 10.8. The van der Waals surface area contributed by atoms with Gasteiger partial charge in [0.2, 0.25) is 5.28 Å². The van der Waals surface area contributed by atoms with Gasteiger partial charge in [0.1, 0.15) is 17.9 Å². The smallest absolute Gasteiger partial charge is 0.224 e. The molecule has 0 bridgehead atoms. The van der Waals surface area contributed by atoms with E-state index in [0.717, 1.165) is 16.8 Å². The number of halogens is 1. The molecule has 0 N–H and O–H groups in total. The Morgan fingerprint density at radius 2 is 2.11 bits per heavy atom. The van der Waals surface area contributed by atoms with Crippen molar-refractivity contribution in [2.75, 3.05) is 7.11 Å². The van der Waals surface area contributed by atoms with E-state index in [9.17, 15) is 0 Å². The molecular formula is C12H9ClN4O. The first-order valence-electron chi connectivity index (χ1n) is 5.28. The van der Waals surface area contributed by atoms with Crippen LogP contribution < -0.4 is 4.74 Å². The maximum atomic E-state index is 5.78. The van der Waals surface area contributed by atoms with Crippen molar-refractivity contribution in [3.63, 3.8) is 0 Å². The number of aromatic nitrogens is 4. The molecule has 0 saturated carbocycles. The number of imidazole rings is 1. The largest absolute Gasteiger partial charge is 0.497 e. The molecule has 0 unspecified atom stereocenters. The molecule has 0 aliphatic carbocycles. The van der Waals surface area contributed by atoms with Gasteiger partial charge >= 0.3 is 0 Å². The van der Waals surface area contributed by atoms with Crippen LogP contribution in [-0.2, 0) is 0 Å². The molecule has 3 rings (SSSR count). The molecule has 3 aromatic rings. The summed E-state index contributed by atoms with van der Waals surface area (Å²) in [5.41, 5.74) is 1.77. The Labute approximate surface area is 108 Å². The molecule has 0 atom stereocenters. The van der Waals surface area contributed by atoms with Gasteiger partial charge in [0.05, 0.1) is 18.1 Å². The van der Waals surface area contributed by atoms with Crippen LogP contribution in [0.15, 0.2) is 36.8 Å². The zero-order valence-corrected chi connectivity index (χ0v) is 10.3. The Morgan fingerprint density at radius 1 is 1.22 bits per heavy atom. The predicted molar refractivity (Wildman–Crippen MR) is 68.2 cm³/mol. The van der Waals surface area contributed by atoms with Crippen LogP contribution in [0.3, 0.4) is 0 Å². The highest BCUT2D eigenvalue weighted by Crippen LogP contribution is 2.21. The third-order valence-electron chi connectivity index (χ3n) is 2.61. The quantitative estimate of drug-likeness (QED) is 0.664. The fourth-order valence-electron chi connectivity index (χ4n) is 1.76. The summed E-state index contributed by atoms with van der Waals surface area (Å²) in [5, 5.41) is 0.211.